The van der Waals surface area contributed by atoms with Gasteiger partial charge in [-0.05, 0) is 72.4 Å². The molecule has 1 saturated heterocycles. The zero-order valence-electron chi connectivity index (χ0n) is 20.6. The average Bonchev–Trinajstić information content (AvgIpc) is 2.83. The van der Waals surface area contributed by atoms with E-state index in [-0.39, 0.29) is 12.1 Å². The summed E-state index contributed by atoms with van der Waals surface area (Å²) in [5.74, 6) is 0.418. The number of aryl methyl sites for hydroxylation is 1. The molecule has 1 fully saturated rings. The van der Waals surface area contributed by atoms with Gasteiger partial charge in [-0.1, -0.05) is 61.3 Å². The number of benzene rings is 3. The van der Waals surface area contributed by atoms with Crippen molar-refractivity contribution >= 4 is 52.3 Å². The summed E-state index contributed by atoms with van der Waals surface area (Å²) in [5.41, 5.74) is 5.03. The van der Waals surface area contributed by atoms with Crippen LogP contribution in [0, 0.1) is 6.92 Å². The SMILES string of the molecule is Cc1ccc(N2CCCN(Cc3ccc(Cl)c(Cl)c3)C2=O)c(NC(=O)Nc2ccc(C(C)C)cc2)c1. The van der Waals surface area contributed by atoms with Gasteiger partial charge in [0, 0.05) is 25.3 Å². The molecule has 0 spiro atoms. The molecule has 8 heteroatoms. The van der Waals surface area contributed by atoms with E-state index >= 15 is 0 Å². The highest BCUT2D eigenvalue weighted by Crippen LogP contribution is 2.31. The highest BCUT2D eigenvalue weighted by molar-refractivity contribution is 6.42. The summed E-state index contributed by atoms with van der Waals surface area (Å²) in [6.45, 7) is 7.83. The maximum atomic E-state index is 13.4. The van der Waals surface area contributed by atoms with Crippen LogP contribution >= 0.6 is 23.2 Å². The number of nitrogens with zero attached hydrogens (tertiary/aromatic N) is 2. The molecule has 36 heavy (non-hydrogen) atoms. The van der Waals surface area contributed by atoms with Crippen LogP contribution in [0.1, 0.15) is 42.9 Å². The van der Waals surface area contributed by atoms with Gasteiger partial charge < -0.3 is 15.5 Å². The van der Waals surface area contributed by atoms with Crippen LogP contribution in [0.25, 0.3) is 0 Å². The topological polar surface area (TPSA) is 64.7 Å². The first-order valence-electron chi connectivity index (χ1n) is 12.0. The molecular weight excluding hydrogens is 495 g/mol. The van der Waals surface area contributed by atoms with E-state index in [0.29, 0.717) is 52.7 Å². The Hall–Kier alpha value is -3.22. The summed E-state index contributed by atoms with van der Waals surface area (Å²) in [6.07, 6.45) is 0.800. The van der Waals surface area contributed by atoms with Crippen LogP contribution in [0.2, 0.25) is 10.0 Å². The van der Waals surface area contributed by atoms with Crippen LogP contribution in [0.5, 0.6) is 0 Å². The van der Waals surface area contributed by atoms with E-state index in [1.807, 2.05) is 55.5 Å². The van der Waals surface area contributed by atoms with Crippen LogP contribution in [-0.2, 0) is 6.54 Å². The van der Waals surface area contributed by atoms with Crippen LogP contribution < -0.4 is 15.5 Å². The number of urea groups is 2. The Balaban J connectivity index is 1.50. The van der Waals surface area contributed by atoms with Gasteiger partial charge in [-0.25, -0.2) is 9.59 Å². The smallest absolute Gasteiger partial charge is 0.320 e. The molecular formula is C28H30Cl2N4O2. The van der Waals surface area contributed by atoms with Crippen LogP contribution in [-0.4, -0.2) is 30.1 Å². The Morgan fingerprint density at radius 2 is 1.69 bits per heavy atom. The lowest BCUT2D eigenvalue weighted by Crippen LogP contribution is -2.49. The molecule has 0 bridgehead atoms. The van der Waals surface area contributed by atoms with Crippen molar-refractivity contribution in [1.82, 2.24) is 4.90 Å². The first kappa shape index (κ1) is 25.9. The third kappa shape index (κ3) is 6.12. The molecule has 6 nitrogen and oxygen atoms in total. The van der Waals surface area contributed by atoms with Gasteiger partial charge in [0.15, 0.2) is 0 Å². The fourth-order valence-corrected chi connectivity index (χ4v) is 4.55. The van der Waals surface area contributed by atoms with Crippen molar-refractivity contribution in [2.45, 2.75) is 39.7 Å². The first-order chi connectivity index (χ1) is 17.2. The minimum Gasteiger partial charge on any atom is -0.320 e. The molecule has 1 aliphatic heterocycles. The summed E-state index contributed by atoms with van der Waals surface area (Å²) in [7, 11) is 0. The fourth-order valence-electron chi connectivity index (χ4n) is 4.23. The van der Waals surface area contributed by atoms with E-state index in [1.165, 1.54) is 5.56 Å². The van der Waals surface area contributed by atoms with Gasteiger partial charge in [-0.3, -0.25) is 4.90 Å². The molecule has 0 aromatic heterocycles. The van der Waals surface area contributed by atoms with Crippen molar-refractivity contribution in [2.24, 2.45) is 0 Å². The van der Waals surface area contributed by atoms with Gasteiger partial charge in [0.1, 0.15) is 0 Å². The zero-order chi connectivity index (χ0) is 25.8. The number of rotatable bonds is 6. The lowest BCUT2D eigenvalue weighted by atomic mass is 10.0. The highest BCUT2D eigenvalue weighted by Gasteiger charge is 2.29. The van der Waals surface area contributed by atoms with Crippen molar-refractivity contribution in [3.8, 4) is 0 Å². The zero-order valence-corrected chi connectivity index (χ0v) is 22.2. The minimum atomic E-state index is -0.365. The monoisotopic (exact) mass is 524 g/mol. The molecule has 4 rings (SSSR count). The second kappa shape index (κ2) is 11.2. The predicted octanol–water partition coefficient (Wildman–Crippen LogP) is 7.90. The molecule has 4 amide bonds. The molecule has 3 aromatic rings. The predicted molar refractivity (Wildman–Crippen MR) is 149 cm³/mol. The Kier molecular flexibility index (Phi) is 8.07. The number of carbonyl (C=O) groups is 2. The molecule has 0 radical (unpaired) electrons. The number of halogens is 2. The molecule has 0 aliphatic carbocycles. The van der Waals surface area contributed by atoms with Gasteiger partial charge in [0.2, 0.25) is 0 Å². The molecule has 2 N–H and O–H groups in total. The Labute approximate surface area is 222 Å². The number of hydrogen-bond donors (Lipinski definition) is 2. The largest absolute Gasteiger partial charge is 0.324 e. The molecule has 3 aromatic carbocycles. The van der Waals surface area contributed by atoms with E-state index in [0.717, 1.165) is 17.5 Å². The molecule has 0 atom stereocenters. The number of nitrogens with one attached hydrogen (secondary N) is 2. The normalized spacial score (nSPS) is 13.8. The summed E-state index contributed by atoms with van der Waals surface area (Å²) in [4.78, 5) is 29.8. The summed E-state index contributed by atoms with van der Waals surface area (Å²) in [6, 6.07) is 18.4. The van der Waals surface area contributed by atoms with Crippen LogP contribution in [0.4, 0.5) is 26.7 Å². The third-order valence-corrected chi connectivity index (χ3v) is 6.93. The fraction of sp³-hybridized carbons (Fsp3) is 0.286. The van der Waals surface area contributed by atoms with E-state index in [4.69, 9.17) is 23.2 Å². The van der Waals surface area contributed by atoms with Crippen molar-refractivity contribution in [1.29, 1.82) is 0 Å². The van der Waals surface area contributed by atoms with Crippen LogP contribution in [0.3, 0.4) is 0 Å². The van der Waals surface area contributed by atoms with Gasteiger partial charge in [0.05, 0.1) is 21.4 Å². The van der Waals surface area contributed by atoms with E-state index < -0.39 is 0 Å². The van der Waals surface area contributed by atoms with Gasteiger partial charge in [-0.2, -0.15) is 0 Å². The lowest BCUT2D eigenvalue weighted by Gasteiger charge is -2.36. The summed E-state index contributed by atoms with van der Waals surface area (Å²) >= 11 is 12.2. The number of amides is 4. The molecule has 0 unspecified atom stereocenters. The van der Waals surface area contributed by atoms with Gasteiger partial charge in [0.25, 0.3) is 0 Å². The molecule has 0 saturated carbocycles. The average molecular weight is 525 g/mol. The second-order valence-corrected chi connectivity index (χ2v) is 10.1. The van der Waals surface area contributed by atoms with Gasteiger partial charge >= 0.3 is 12.1 Å². The van der Waals surface area contributed by atoms with Crippen molar-refractivity contribution in [2.75, 3.05) is 28.6 Å². The standard InChI is InChI=1S/C28H30Cl2N4O2/c1-18(2)21-7-9-22(10-8-21)31-27(35)32-25-15-19(3)5-12-26(25)34-14-4-13-33(28(34)36)17-20-6-11-23(29)24(30)16-20/h5-12,15-16,18H,4,13-14,17H2,1-3H3,(H2,31,32,35). The van der Waals surface area contributed by atoms with E-state index in [2.05, 4.69) is 24.5 Å². The Morgan fingerprint density at radius 1 is 0.944 bits per heavy atom. The van der Waals surface area contributed by atoms with E-state index in [1.54, 1.807) is 21.9 Å². The maximum Gasteiger partial charge on any atom is 0.324 e. The second-order valence-electron chi connectivity index (χ2n) is 9.33. The number of hydrogen-bond acceptors (Lipinski definition) is 2. The quantitative estimate of drug-likeness (QED) is 0.344. The Bertz CT molecular complexity index is 1260. The van der Waals surface area contributed by atoms with Crippen molar-refractivity contribution in [3.05, 3.63) is 87.4 Å². The molecule has 188 valence electrons. The number of carbonyl (C=O) groups excluding carboxylic acids is 2. The van der Waals surface area contributed by atoms with E-state index in [9.17, 15) is 9.59 Å². The van der Waals surface area contributed by atoms with Gasteiger partial charge in [-0.15, -0.1) is 0 Å². The Morgan fingerprint density at radius 3 is 2.39 bits per heavy atom. The van der Waals surface area contributed by atoms with Crippen molar-refractivity contribution < 1.29 is 9.59 Å². The maximum absolute atomic E-state index is 13.4. The summed E-state index contributed by atoms with van der Waals surface area (Å²) < 4.78 is 0. The molecule has 1 heterocycles. The van der Waals surface area contributed by atoms with Crippen LogP contribution in [0.15, 0.2) is 60.7 Å². The molecule has 1 aliphatic rings. The number of anilines is 3. The third-order valence-electron chi connectivity index (χ3n) is 6.19. The highest BCUT2D eigenvalue weighted by atomic mass is 35.5. The summed E-state index contributed by atoms with van der Waals surface area (Å²) in [5, 5.41) is 6.77. The lowest BCUT2D eigenvalue weighted by molar-refractivity contribution is 0.192. The van der Waals surface area contributed by atoms with Crippen molar-refractivity contribution in [3.63, 3.8) is 0 Å². The first-order valence-corrected chi connectivity index (χ1v) is 12.8. The minimum absolute atomic E-state index is 0.121.